The van der Waals surface area contributed by atoms with Crippen LogP contribution in [0.25, 0.3) is 0 Å². The molecule has 0 saturated carbocycles. The molecule has 0 N–H and O–H groups in total. The molecule has 36 heavy (non-hydrogen) atoms. The van der Waals surface area contributed by atoms with Crippen LogP contribution in [0.2, 0.25) is 19.6 Å². The van der Waals surface area contributed by atoms with Crippen molar-refractivity contribution in [2.24, 2.45) is 0 Å². The van der Waals surface area contributed by atoms with Crippen LogP contribution in [-0.4, -0.2) is 20.7 Å². The molecule has 2 rings (SSSR count). The quantitative estimate of drug-likeness (QED) is 0.0817. The Balaban J connectivity index is 1.51. The molecule has 0 saturated heterocycles. The molecule has 0 amide bonds. The maximum absolute atomic E-state index is 12.5. The molecule has 0 aromatic heterocycles. The summed E-state index contributed by atoms with van der Waals surface area (Å²) in [5.74, 6) is 1.05. The molecule has 0 unspecified atom stereocenters. The number of hydrogen-bond donors (Lipinski definition) is 0. The minimum atomic E-state index is -1.35. The van der Waals surface area contributed by atoms with Crippen LogP contribution in [0.1, 0.15) is 107 Å². The van der Waals surface area contributed by atoms with Crippen molar-refractivity contribution in [3.05, 3.63) is 54.1 Å². The van der Waals surface area contributed by atoms with E-state index in [0.717, 1.165) is 18.8 Å². The molecule has 0 heterocycles. The average Bonchev–Trinajstić information content (AvgIpc) is 2.86. The monoisotopic (exact) mass is 510 g/mol. The van der Waals surface area contributed by atoms with Gasteiger partial charge in [-0.05, 0) is 42.8 Å². The first-order chi connectivity index (χ1) is 17.4. The first-order valence-electron chi connectivity index (χ1n) is 14.5. The molecule has 4 heteroatoms. The van der Waals surface area contributed by atoms with Crippen LogP contribution < -0.4 is 14.7 Å². The van der Waals surface area contributed by atoms with E-state index < -0.39 is 8.07 Å². The summed E-state index contributed by atoms with van der Waals surface area (Å²) in [6.45, 7) is 9.92. The summed E-state index contributed by atoms with van der Waals surface area (Å²) in [4.78, 5) is 12.5. The lowest BCUT2D eigenvalue weighted by atomic mass is 10.0. The second-order valence-electron chi connectivity index (χ2n) is 11.1. The molecule has 2 aromatic carbocycles. The number of esters is 1. The van der Waals surface area contributed by atoms with Gasteiger partial charge in [-0.15, -0.1) is 0 Å². The lowest BCUT2D eigenvalue weighted by Gasteiger charge is -2.16. The summed E-state index contributed by atoms with van der Waals surface area (Å²) in [7, 11) is -1.35. The summed E-state index contributed by atoms with van der Waals surface area (Å²) < 4.78 is 11.4. The second kappa shape index (κ2) is 17.4. The van der Waals surface area contributed by atoms with Gasteiger partial charge in [0.25, 0.3) is 0 Å². The van der Waals surface area contributed by atoms with Gasteiger partial charge in [0.05, 0.1) is 20.2 Å². The molecular formula is C32H50O3Si. The number of carbonyl (C=O) groups is 1. The van der Waals surface area contributed by atoms with Gasteiger partial charge in [0.1, 0.15) is 11.5 Å². The zero-order chi connectivity index (χ0) is 26.1. The molecular weight excluding hydrogens is 460 g/mol. The number of unbranched alkanes of at least 4 members (excludes halogenated alkanes) is 13. The van der Waals surface area contributed by atoms with Crippen LogP contribution in [-0.2, 0) is 0 Å². The third kappa shape index (κ3) is 12.8. The molecule has 0 aliphatic carbocycles. The summed E-state index contributed by atoms with van der Waals surface area (Å²) in [6.07, 6.45) is 19.0. The van der Waals surface area contributed by atoms with Crippen molar-refractivity contribution in [2.75, 3.05) is 6.61 Å². The Kier molecular flexibility index (Phi) is 14.6. The van der Waals surface area contributed by atoms with Crippen LogP contribution in [0.4, 0.5) is 0 Å². The minimum Gasteiger partial charge on any atom is -0.494 e. The van der Waals surface area contributed by atoms with Gasteiger partial charge in [0.15, 0.2) is 0 Å². The van der Waals surface area contributed by atoms with Gasteiger partial charge in [-0.2, -0.15) is 0 Å². The zero-order valence-corrected chi connectivity index (χ0v) is 24.5. The van der Waals surface area contributed by atoms with E-state index in [-0.39, 0.29) is 5.97 Å². The van der Waals surface area contributed by atoms with Crippen molar-refractivity contribution >= 4 is 19.2 Å². The Labute approximate surface area is 222 Å². The highest BCUT2D eigenvalue weighted by Crippen LogP contribution is 2.17. The van der Waals surface area contributed by atoms with Crippen molar-refractivity contribution in [1.82, 2.24) is 0 Å². The fourth-order valence-corrected chi connectivity index (χ4v) is 5.53. The largest absolute Gasteiger partial charge is 0.494 e. The van der Waals surface area contributed by atoms with Crippen molar-refractivity contribution in [1.29, 1.82) is 0 Å². The molecule has 0 atom stereocenters. The molecule has 0 fully saturated rings. The molecule has 0 radical (unpaired) electrons. The minimum absolute atomic E-state index is 0.339. The van der Waals surface area contributed by atoms with E-state index in [9.17, 15) is 4.79 Å². The van der Waals surface area contributed by atoms with Crippen molar-refractivity contribution < 1.29 is 14.3 Å². The van der Waals surface area contributed by atoms with Crippen LogP contribution in [0, 0.1) is 0 Å². The first kappa shape index (κ1) is 30.2. The van der Waals surface area contributed by atoms with Gasteiger partial charge in [-0.1, -0.05) is 127 Å². The Morgan fingerprint density at radius 3 is 1.53 bits per heavy atom. The van der Waals surface area contributed by atoms with Gasteiger partial charge in [0.2, 0.25) is 0 Å². The SMILES string of the molecule is CCCCCCCCCCCCCCCCOc1ccc(C(=O)Oc2ccc([Si](C)(C)C)cc2)cc1. The fourth-order valence-electron chi connectivity index (χ4n) is 4.36. The third-order valence-corrected chi connectivity index (χ3v) is 8.85. The highest BCUT2D eigenvalue weighted by molar-refractivity contribution is 6.88. The topological polar surface area (TPSA) is 35.5 Å². The number of benzene rings is 2. The summed E-state index contributed by atoms with van der Waals surface area (Å²) in [5.41, 5.74) is 0.535. The Morgan fingerprint density at radius 1 is 0.611 bits per heavy atom. The second-order valence-corrected chi connectivity index (χ2v) is 16.2. The van der Waals surface area contributed by atoms with Crippen LogP contribution in [0.5, 0.6) is 11.5 Å². The first-order valence-corrected chi connectivity index (χ1v) is 18.0. The van der Waals surface area contributed by atoms with E-state index in [0.29, 0.717) is 11.3 Å². The predicted octanol–water partition coefficient (Wildman–Crippen LogP) is 9.31. The number of ether oxygens (including phenoxy) is 2. The van der Waals surface area contributed by atoms with Gasteiger partial charge in [0, 0.05) is 0 Å². The number of rotatable bonds is 19. The fraction of sp³-hybridized carbons (Fsp3) is 0.594. The molecule has 0 aliphatic rings. The van der Waals surface area contributed by atoms with Crippen molar-refractivity contribution in [3.8, 4) is 11.5 Å². The Hall–Kier alpha value is -2.07. The summed E-state index contributed by atoms with van der Waals surface area (Å²) >= 11 is 0. The van der Waals surface area contributed by atoms with E-state index in [1.165, 1.54) is 88.7 Å². The van der Waals surface area contributed by atoms with Gasteiger partial charge in [-0.3, -0.25) is 0 Å². The summed E-state index contributed by atoms with van der Waals surface area (Å²) in [6, 6.07) is 15.2. The lowest BCUT2D eigenvalue weighted by Crippen LogP contribution is -2.37. The maximum atomic E-state index is 12.5. The lowest BCUT2D eigenvalue weighted by molar-refractivity contribution is 0.0734. The molecule has 0 bridgehead atoms. The summed E-state index contributed by atoms with van der Waals surface area (Å²) in [5, 5.41) is 1.35. The Bertz CT molecular complexity index is 837. The van der Waals surface area contributed by atoms with Crippen LogP contribution in [0.15, 0.2) is 48.5 Å². The van der Waals surface area contributed by atoms with E-state index in [2.05, 4.69) is 38.7 Å². The standard InChI is InChI=1S/C32H50O3Si/c1-5-6-7-8-9-10-11-12-13-14-15-16-17-18-27-34-29-21-19-28(20-22-29)32(33)35-30-23-25-31(26-24-30)36(2,3)4/h19-26H,5-18,27H2,1-4H3. The highest BCUT2D eigenvalue weighted by Gasteiger charge is 2.16. The predicted molar refractivity (Wildman–Crippen MR) is 157 cm³/mol. The van der Waals surface area contributed by atoms with E-state index in [4.69, 9.17) is 9.47 Å². The van der Waals surface area contributed by atoms with Gasteiger partial charge >= 0.3 is 5.97 Å². The number of carbonyl (C=O) groups excluding carboxylic acids is 1. The van der Waals surface area contributed by atoms with Crippen LogP contribution in [0.3, 0.4) is 0 Å². The normalized spacial score (nSPS) is 11.4. The molecule has 0 aliphatic heterocycles. The van der Waals surface area contributed by atoms with E-state index in [1.807, 2.05) is 24.3 Å². The van der Waals surface area contributed by atoms with Gasteiger partial charge in [-0.25, -0.2) is 4.79 Å². The Morgan fingerprint density at radius 2 is 1.06 bits per heavy atom. The van der Waals surface area contributed by atoms with Crippen molar-refractivity contribution in [3.63, 3.8) is 0 Å². The van der Waals surface area contributed by atoms with E-state index in [1.54, 1.807) is 12.1 Å². The molecule has 0 spiro atoms. The maximum Gasteiger partial charge on any atom is 0.343 e. The zero-order valence-electron chi connectivity index (χ0n) is 23.5. The smallest absolute Gasteiger partial charge is 0.343 e. The third-order valence-electron chi connectivity index (χ3n) is 6.79. The molecule has 200 valence electrons. The molecule has 2 aromatic rings. The average molecular weight is 511 g/mol. The highest BCUT2D eigenvalue weighted by atomic mass is 28.3. The van der Waals surface area contributed by atoms with E-state index >= 15 is 0 Å². The molecule has 3 nitrogen and oxygen atoms in total. The number of hydrogen-bond acceptors (Lipinski definition) is 3. The van der Waals surface area contributed by atoms with Gasteiger partial charge < -0.3 is 9.47 Å². The van der Waals surface area contributed by atoms with Crippen LogP contribution >= 0.6 is 0 Å². The van der Waals surface area contributed by atoms with Crippen molar-refractivity contribution in [2.45, 2.75) is 116 Å².